The van der Waals surface area contributed by atoms with E-state index in [-0.39, 0.29) is 36.4 Å². The number of carbonyl (C=O) groups is 3. The molecule has 0 radical (unpaired) electrons. The number of ether oxygens (including phenoxy) is 2. The van der Waals surface area contributed by atoms with E-state index in [9.17, 15) is 14.4 Å². The summed E-state index contributed by atoms with van der Waals surface area (Å²) in [4.78, 5) is 42.5. The van der Waals surface area contributed by atoms with Gasteiger partial charge < -0.3 is 24.6 Å². The molecule has 3 heterocycles. The van der Waals surface area contributed by atoms with Crippen LogP contribution < -0.4 is 14.8 Å². The van der Waals surface area contributed by atoms with Gasteiger partial charge in [-0.15, -0.1) is 0 Å². The molecular formula is C26H28ClN3O5. The first-order valence-electron chi connectivity index (χ1n) is 12.0. The largest absolute Gasteiger partial charge is 0.454 e. The highest BCUT2D eigenvalue weighted by molar-refractivity contribution is 6.30. The Bertz CT molecular complexity index is 1110. The van der Waals surface area contributed by atoms with E-state index in [1.54, 1.807) is 47.4 Å². The van der Waals surface area contributed by atoms with Gasteiger partial charge in [0.15, 0.2) is 11.5 Å². The zero-order valence-electron chi connectivity index (χ0n) is 19.4. The van der Waals surface area contributed by atoms with Crippen molar-refractivity contribution in [2.75, 3.05) is 38.3 Å². The van der Waals surface area contributed by atoms with Crippen molar-refractivity contribution in [1.29, 1.82) is 0 Å². The van der Waals surface area contributed by atoms with Gasteiger partial charge in [-0.3, -0.25) is 14.4 Å². The van der Waals surface area contributed by atoms with Gasteiger partial charge in [-0.1, -0.05) is 11.6 Å². The molecule has 1 N–H and O–H groups in total. The number of carbonyl (C=O) groups excluding carboxylic acids is 3. The van der Waals surface area contributed by atoms with E-state index in [1.807, 2.05) is 4.90 Å². The summed E-state index contributed by atoms with van der Waals surface area (Å²) in [5.74, 6) is 0.891. The predicted molar refractivity (Wildman–Crippen MR) is 131 cm³/mol. The Morgan fingerprint density at radius 1 is 0.857 bits per heavy atom. The van der Waals surface area contributed by atoms with Crippen molar-refractivity contribution in [3.8, 4) is 11.5 Å². The second-order valence-electron chi connectivity index (χ2n) is 9.25. The van der Waals surface area contributed by atoms with E-state index in [1.165, 1.54) is 0 Å². The molecular weight excluding hydrogens is 470 g/mol. The van der Waals surface area contributed by atoms with E-state index in [0.29, 0.717) is 66.8 Å². The number of hydrogen-bond donors (Lipinski definition) is 1. The maximum absolute atomic E-state index is 13.2. The van der Waals surface area contributed by atoms with Crippen LogP contribution in [0.15, 0.2) is 42.5 Å². The molecule has 2 saturated heterocycles. The van der Waals surface area contributed by atoms with E-state index in [4.69, 9.17) is 21.1 Å². The number of halogens is 1. The van der Waals surface area contributed by atoms with Gasteiger partial charge in [0.25, 0.3) is 5.91 Å². The summed E-state index contributed by atoms with van der Waals surface area (Å²) in [6.07, 6.45) is 2.79. The minimum Gasteiger partial charge on any atom is -0.454 e. The van der Waals surface area contributed by atoms with Crippen LogP contribution in [0.5, 0.6) is 11.5 Å². The molecule has 2 fully saturated rings. The molecule has 3 aliphatic heterocycles. The summed E-state index contributed by atoms with van der Waals surface area (Å²) in [5.41, 5.74) is 1.25. The Morgan fingerprint density at radius 3 is 2.37 bits per heavy atom. The van der Waals surface area contributed by atoms with E-state index < -0.39 is 0 Å². The van der Waals surface area contributed by atoms with E-state index in [0.717, 1.165) is 12.8 Å². The molecule has 5 rings (SSSR count). The van der Waals surface area contributed by atoms with Crippen LogP contribution in [0.25, 0.3) is 0 Å². The molecule has 1 unspecified atom stereocenters. The van der Waals surface area contributed by atoms with Crippen molar-refractivity contribution in [2.24, 2.45) is 11.8 Å². The van der Waals surface area contributed by atoms with Gasteiger partial charge in [0.1, 0.15) is 0 Å². The molecule has 0 saturated carbocycles. The second-order valence-corrected chi connectivity index (χ2v) is 9.69. The van der Waals surface area contributed by atoms with Gasteiger partial charge >= 0.3 is 0 Å². The average Bonchev–Trinajstić information content (AvgIpc) is 3.36. The lowest BCUT2D eigenvalue weighted by Gasteiger charge is -2.37. The van der Waals surface area contributed by atoms with Crippen molar-refractivity contribution in [1.82, 2.24) is 9.80 Å². The highest BCUT2D eigenvalue weighted by Crippen LogP contribution is 2.34. The van der Waals surface area contributed by atoms with Gasteiger partial charge in [-0.25, -0.2) is 0 Å². The first-order valence-corrected chi connectivity index (χ1v) is 12.4. The fourth-order valence-corrected chi connectivity index (χ4v) is 5.10. The number of hydrogen-bond acceptors (Lipinski definition) is 5. The molecule has 0 spiro atoms. The number of rotatable bonds is 4. The summed E-state index contributed by atoms with van der Waals surface area (Å²) in [7, 11) is 0. The lowest BCUT2D eigenvalue weighted by molar-refractivity contribution is -0.139. The summed E-state index contributed by atoms with van der Waals surface area (Å²) in [6.45, 7) is 2.34. The van der Waals surface area contributed by atoms with Crippen molar-refractivity contribution in [3.05, 3.63) is 53.1 Å². The molecule has 8 nitrogen and oxygen atoms in total. The van der Waals surface area contributed by atoms with Crippen LogP contribution in [0.1, 0.15) is 36.0 Å². The molecule has 1 atom stereocenters. The van der Waals surface area contributed by atoms with Crippen molar-refractivity contribution in [3.63, 3.8) is 0 Å². The number of piperidine rings is 2. The summed E-state index contributed by atoms with van der Waals surface area (Å²) in [5, 5.41) is 3.54. The Hall–Kier alpha value is -3.26. The first-order chi connectivity index (χ1) is 17.0. The van der Waals surface area contributed by atoms with Gasteiger partial charge in [0.05, 0.1) is 5.92 Å². The van der Waals surface area contributed by atoms with Crippen LogP contribution in [0.3, 0.4) is 0 Å². The summed E-state index contributed by atoms with van der Waals surface area (Å²) < 4.78 is 10.7. The zero-order valence-corrected chi connectivity index (χ0v) is 20.1. The second kappa shape index (κ2) is 10.2. The number of nitrogens with one attached hydrogen (secondary N) is 1. The van der Waals surface area contributed by atoms with Gasteiger partial charge in [-0.2, -0.15) is 0 Å². The quantitative estimate of drug-likeness (QED) is 0.694. The molecule has 9 heteroatoms. The fraction of sp³-hybridized carbons (Fsp3) is 0.423. The minimum absolute atomic E-state index is 0.0478. The first kappa shape index (κ1) is 23.5. The molecule has 0 aromatic heterocycles. The number of anilines is 1. The molecule has 0 bridgehead atoms. The number of nitrogens with zero attached hydrogens (tertiary/aromatic N) is 2. The van der Waals surface area contributed by atoms with Crippen molar-refractivity contribution >= 4 is 35.0 Å². The highest BCUT2D eigenvalue weighted by Gasteiger charge is 2.34. The summed E-state index contributed by atoms with van der Waals surface area (Å²) >= 11 is 5.93. The van der Waals surface area contributed by atoms with Gasteiger partial charge in [0.2, 0.25) is 18.6 Å². The van der Waals surface area contributed by atoms with Crippen LogP contribution in [-0.4, -0.2) is 60.5 Å². The molecule has 2 aromatic rings. The van der Waals surface area contributed by atoms with Crippen molar-refractivity contribution < 1.29 is 23.9 Å². The molecule has 3 amide bonds. The predicted octanol–water partition coefficient (Wildman–Crippen LogP) is 3.80. The fourth-order valence-electron chi connectivity index (χ4n) is 4.98. The number of amides is 3. The molecule has 0 aliphatic carbocycles. The topological polar surface area (TPSA) is 88.2 Å². The Balaban J connectivity index is 1.12. The third-order valence-corrected chi connectivity index (χ3v) is 7.22. The van der Waals surface area contributed by atoms with Crippen LogP contribution >= 0.6 is 11.6 Å². The van der Waals surface area contributed by atoms with Gasteiger partial charge in [-0.05, 0) is 62.1 Å². The maximum atomic E-state index is 13.2. The maximum Gasteiger partial charge on any atom is 0.253 e. The third-order valence-electron chi connectivity index (χ3n) is 6.97. The number of benzene rings is 2. The van der Waals surface area contributed by atoms with E-state index >= 15 is 0 Å². The summed E-state index contributed by atoms with van der Waals surface area (Å²) in [6, 6.07) is 12.2. The van der Waals surface area contributed by atoms with Crippen LogP contribution in [-0.2, 0) is 9.59 Å². The lowest BCUT2D eigenvalue weighted by Crippen LogP contribution is -2.49. The average molecular weight is 498 g/mol. The van der Waals surface area contributed by atoms with E-state index in [2.05, 4.69) is 5.32 Å². The van der Waals surface area contributed by atoms with Crippen LogP contribution in [0, 0.1) is 11.8 Å². The van der Waals surface area contributed by atoms with Crippen LogP contribution in [0.4, 0.5) is 5.69 Å². The highest BCUT2D eigenvalue weighted by atomic mass is 35.5. The van der Waals surface area contributed by atoms with Crippen molar-refractivity contribution in [2.45, 2.75) is 25.7 Å². The third kappa shape index (κ3) is 5.22. The Labute approximate surface area is 209 Å². The molecule has 3 aliphatic rings. The molecule has 2 aromatic carbocycles. The van der Waals surface area contributed by atoms with Crippen LogP contribution in [0.2, 0.25) is 5.02 Å². The normalized spacial score (nSPS) is 20.0. The molecule has 184 valence electrons. The SMILES string of the molecule is O=C(Nc1ccc2c(c1)OCO2)C1CCN(C(=O)C2CCCN(C(=O)c3ccc(Cl)cc3)C2)CC1. The minimum atomic E-state index is -0.209. The Kier molecular flexibility index (Phi) is 6.81. The van der Waals surface area contributed by atoms with Gasteiger partial charge in [0, 0.05) is 54.4 Å². The number of likely N-dealkylation sites (tertiary alicyclic amines) is 2. The number of fused-ring (bicyclic) bond motifs is 1. The smallest absolute Gasteiger partial charge is 0.253 e. The zero-order chi connectivity index (χ0) is 24.4. The Morgan fingerprint density at radius 2 is 1.60 bits per heavy atom. The lowest BCUT2D eigenvalue weighted by atomic mass is 9.92. The standard InChI is InChI=1S/C26H28ClN3O5/c27-20-5-3-18(4-6-20)25(32)30-11-1-2-19(15-30)26(33)29-12-9-17(10-13-29)24(31)28-21-7-8-22-23(14-21)35-16-34-22/h3-8,14,17,19H,1-2,9-13,15-16H2,(H,28,31). The molecule has 35 heavy (non-hydrogen) atoms. The monoisotopic (exact) mass is 497 g/mol.